The van der Waals surface area contributed by atoms with Crippen molar-refractivity contribution < 1.29 is 24.2 Å². The highest BCUT2D eigenvalue weighted by Crippen LogP contribution is 2.57. The van der Waals surface area contributed by atoms with Gasteiger partial charge in [0.05, 0.1) is 19.1 Å². The van der Waals surface area contributed by atoms with Crippen molar-refractivity contribution in [1.29, 1.82) is 0 Å². The molecule has 1 saturated carbocycles. The van der Waals surface area contributed by atoms with E-state index < -0.39 is 11.5 Å². The lowest BCUT2D eigenvalue weighted by atomic mass is 9.81. The van der Waals surface area contributed by atoms with Gasteiger partial charge in [-0.25, -0.2) is 4.79 Å². The van der Waals surface area contributed by atoms with E-state index in [0.717, 1.165) is 24.7 Å². The molecule has 1 heterocycles. The maximum absolute atomic E-state index is 13.0. The predicted molar refractivity (Wildman–Crippen MR) is 109 cm³/mol. The van der Waals surface area contributed by atoms with Crippen LogP contribution in [0.4, 0.5) is 0 Å². The molecule has 1 N–H and O–H groups in total. The Morgan fingerprint density at radius 1 is 1.28 bits per heavy atom. The number of aliphatic hydroxyl groups is 1. The number of hydrogen-bond donors (Lipinski definition) is 1. The van der Waals surface area contributed by atoms with Crippen molar-refractivity contribution in [3.63, 3.8) is 0 Å². The van der Waals surface area contributed by atoms with Gasteiger partial charge < -0.3 is 19.5 Å². The van der Waals surface area contributed by atoms with Gasteiger partial charge in [-0.2, -0.15) is 0 Å². The Bertz CT molecular complexity index is 825. The summed E-state index contributed by atoms with van der Waals surface area (Å²) in [4.78, 5) is 37.7. The Kier molecular flexibility index (Phi) is 6.20. The molecular weight excluding hydrogens is 370 g/mol. The summed E-state index contributed by atoms with van der Waals surface area (Å²) < 4.78 is 5.07. The number of methoxy groups -OCH3 is 1. The zero-order valence-electron chi connectivity index (χ0n) is 16.7. The van der Waals surface area contributed by atoms with E-state index in [0.29, 0.717) is 25.7 Å². The molecule has 2 aliphatic rings. The smallest absolute Gasteiger partial charge is 0.340 e. The van der Waals surface area contributed by atoms with E-state index in [4.69, 9.17) is 4.74 Å². The van der Waals surface area contributed by atoms with Crippen molar-refractivity contribution in [2.45, 2.75) is 56.0 Å². The molecule has 1 aliphatic carbocycles. The first-order valence-corrected chi connectivity index (χ1v) is 9.96. The number of carbonyl (C=O) groups excluding carboxylic acids is 3. The van der Waals surface area contributed by atoms with Crippen LogP contribution < -0.4 is 0 Å². The molecule has 6 heteroatoms. The van der Waals surface area contributed by atoms with Crippen LogP contribution in [0.1, 0.15) is 50.5 Å². The zero-order valence-corrected chi connectivity index (χ0v) is 16.7. The number of hydrogen-bond acceptors (Lipinski definition) is 5. The maximum atomic E-state index is 13.0. The molecule has 6 nitrogen and oxygen atoms in total. The third-order valence-corrected chi connectivity index (χ3v) is 5.75. The number of ether oxygens (including phenoxy) is 1. The predicted octanol–water partition coefficient (Wildman–Crippen LogP) is 3.58. The summed E-state index contributed by atoms with van der Waals surface area (Å²) in [6, 6.07) is 9.61. The molecule has 0 radical (unpaired) electrons. The van der Waals surface area contributed by atoms with Gasteiger partial charge in [0, 0.05) is 12.8 Å². The summed E-state index contributed by atoms with van der Waals surface area (Å²) in [5.41, 5.74) is -0.972. The first-order valence-electron chi connectivity index (χ1n) is 9.96. The summed E-state index contributed by atoms with van der Waals surface area (Å²) >= 11 is 0. The average Bonchev–Trinajstić information content (AvgIpc) is 3.52. The van der Waals surface area contributed by atoms with Crippen molar-refractivity contribution in [1.82, 2.24) is 4.90 Å². The third-order valence-electron chi connectivity index (χ3n) is 5.75. The quantitative estimate of drug-likeness (QED) is 0.214. The molecule has 1 unspecified atom stereocenters. The summed E-state index contributed by atoms with van der Waals surface area (Å²) in [6.45, 7) is 0. The van der Waals surface area contributed by atoms with E-state index >= 15 is 0 Å². The highest BCUT2D eigenvalue weighted by Gasteiger charge is 2.69. The Balaban J connectivity index is 1.95. The van der Waals surface area contributed by atoms with Gasteiger partial charge in [0.25, 0.3) is 0 Å². The van der Waals surface area contributed by atoms with Crippen LogP contribution in [-0.2, 0) is 19.1 Å². The Morgan fingerprint density at radius 3 is 2.59 bits per heavy atom. The normalized spacial score (nSPS) is 19.7. The topological polar surface area (TPSA) is 83.9 Å². The van der Waals surface area contributed by atoms with Gasteiger partial charge in [0.2, 0.25) is 11.4 Å². The third kappa shape index (κ3) is 3.97. The lowest BCUT2D eigenvalue weighted by Crippen LogP contribution is -2.69. The Labute approximate surface area is 170 Å². The molecule has 0 aromatic heterocycles. The second-order valence-electron chi connectivity index (χ2n) is 7.69. The van der Waals surface area contributed by atoms with Crippen molar-refractivity contribution in [3.05, 3.63) is 53.8 Å². The molecule has 1 spiro atoms. The minimum absolute atomic E-state index is 0.109. The van der Waals surface area contributed by atoms with E-state index in [1.54, 1.807) is 12.2 Å². The molecule has 0 bridgehead atoms. The van der Waals surface area contributed by atoms with Gasteiger partial charge in [-0.15, -0.1) is 0 Å². The van der Waals surface area contributed by atoms with Gasteiger partial charge in [-0.1, -0.05) is 42.5 Å². The number of benzene rings is 1. The number of β-lactam (4-membered cyclic amide) rings is 1. The molecule has 1 atom stereocenters. The van der Waals surface area contributed by atoms with Crippen LogP contribution in [0.2, 0.25) is 0 Å². The van der Waals surface area contributed by atoms with Gasteiger partial charge in [0.1, 0.15) is 12.0 Å². The fourth-order valence-electron chi connectivity index (χ4n) is 4.07. The largest absolute Gasteiger partial charge is 0.509 e. The number of aldehydes is 1. The minimum atomic E-state index is -1.58. The second-order valence-corrected chi connectivity index (χ2v) is 7.69. The molecule has 154 valence electrons. The fraction of sp³-hybridized carbons (Fsp3) is 0.435. The van der Waals surface area contributed by atoms with Crippen LogP contribution in [-0.4, -0.2) is 46.4 Å². The van der Waals surface area contributed by atoms with Gasteiger partial charge >= 0.3 is 5.97 Å². The van der Waals surface area contributed by atoms with E-state index in [1.807, 2.05) is 36.4 Å². The van der Waals surface area contributed by atoms with Gasteiger partial charge in [-0.3, -0.25) is 4.79 Å². The molecule has 29 heavy (non-hydrogen) atoms. The van der Waals surface area contributed by atoms with E-state index in [-0.39, 0.29) is 23.6 Å². The number of esters is 1. The monoisotopic (exact) mass is 397 g/mol. The summed E-state index contributed by atoms with van der Waals surface area (Å²) in [5, 5.41) is 11.0. The molecule has 1 aromatic carbocycles. The fourth-order valence-corrected chi connectivity index (χ4v) is 4.07. The Hall–Kier alpha value is -2.89. The molecule has 2 fully saturated rings. The highest BCUT2D eigenvalue weighted by atomic mass is 16.5. The van der Waals surface area contributed by atoms with Crippen molar-refractivity contribution >= 4 is 24.2 Å². The molecule has 1 amide bonds. The number of amides is 1. The van der Waals surface area contributed by atoms with Crippen LogP contribution >= 0.6 is 0 Å². The van der Waals surface area contributed by atoms with Crippen molar-refractivity contribution in [3.8, 4) is 0 Å². The molecular formula is C23H27NO5. The van der Waals surface area contributed by atoms with E-state index in [2.05, 4.69) is 0 Å². The number of rotatable bonds is 10. The molecule has 1 aromatic rings. The van der Waals surface area contributed by atoms with Gasteiger partial charge in [-0.05, 0) is 37.3 Å². The number of nitrogens with zero attached hydrogens (tertiary/aromatic N) is 1. The van der Waals surface area contributed by atoms with Crippen LogP contribution in [0.15, 0.2) is 48.2 Å². The van der Waals surface area contributed by atoms with Crippen LogP contribution in [0, 0.1) is 0 Å². The molecule has 1 aliphatic heterocycles. The summed E-state index contributed by atoms with van der Waals surface area (Å²) in [7, 11) is 1.27. The van der Waals surface area contributed by atoms with Crippen LogP contribution in [0.3, 0.4) is 0 Å². The number of unbranched alkanes of at least 4 members (excludes halogenated alkanes) is 2. The minimum Gasteiger partial charge on any atom is -0.509 e. The standard InChI is InChI=1S/C23H27NO5/c1-29-21(28)23(19(26)12-6-3-7-16-25,24-20(27)17-22(24)14-15-22)13-8-11-18-9-4-2-5-10-18/h2,4-5,8-12,16,26H,3,6-7,13-15,17H2,1H3/b11-8+,19-12-. The van der Waals surface area contributed by atoms with E-state index in [1.165, 1.54) is 12.0 Å². The summed E-state index contributed by atoms with van der Waals surface area (Å²) in [6.07, 6.45) is 9.52. The average molecular weight is 397 g/mol. The highest BCUT2D eigenvalue weighted by molar-refractivity contribution is 5.96. The molecule has 1 saturated heterocycles. The van der Waals surface area contributed by atoms with Crippen molar-refractivity contribution in [2.24, 2.45) is 0 Å². The lowest BCUT2D eigenvalue weighted by Gasteiger charge is -2.52. The van der Waals surface area contributed by atoms with E-state index in [9.17, 15) is 19.5 Å². The summed E-state index contributed by atoms with van der Waals surface area (Å²) in [5.74, 6) is -1.00. The number of allylic oxidation sites excluding steroid dienone is 1. The first-order chi connectivity index (χ1) is 14.0. The Morgan fingerprint density at radius 2 is 2.00 bits per heavy atom. The maximum Gasteiger partial charge on any atom is 0.340 e. The second kappa shape index (κ2) is 8.64. The number of likely N-dealkylation sites (tertiary alicyclic amines) is 1. The van der Waals surface area contributed by atoms with Crippen LogP contribution in [0.5, 0.6) is 0 Å². The first kappa shape index (κ1) is 20.8. The molecule has 3 rings (SSSR count). The lowest BCUT2D eigenvalue weighted by molar-refractivity contribution is -0.176. The van der Waals surface area contributed by atoms with Crippen molar-refractivity contribution in [2.75, 3.05) is 7.11 Å². The van der Waals surface area contributed by atoms with Gasteiger partial charge in [0.15, 0.2) is 0 Å². The number of carbonyl (C=O) groups is 3. The number of aliphatic hydroxyl groups excluding tert-OH is 1. The zero-order chi connectivity index (χ0) is 20.9. The van der Waals surface area contributed by atoms with Crippen LogP contribution in [0.25, 0.3) is 6.08 Å². The SMILES string of the molecule is COC(=O)C(C/C=C/c1ccccc1)(/C(O)=C/CCCC=O)N1C(=O)CC12CC2.